The maximum Gasteiger partial charge on any atom is 0.0609 e. The molecule has 10 heavy (non-hydrogen) atoms. The van der Waals surface area contributed by atoms with Gasteiger partial charge >= 0.3 is 0 Å². The monoisotopic (exact) mass is 154 g/mol. The lowest BCUT2D eigenvalue weighted by molar-refractivity contribution is 0.0663. The van der Waals surface area contributed by atoms with Gasteiger partial charge in [-0.2, -0.15) is 11.3 Å². The Balaban J connectivity index is 2.14. The van der Waals surface area contributed by atoms with Crippen molar-refractivity contribution in [1.29, 1.82) is 0 Å². The summed E-state index contributed by atoms with van der Waals surface area (Å²) in [6.07, 6.45) is 2.09. The second-order valence-corrected chi connectivity index (χ2v) is 3.59. The molecule has 0 radical (unpaired) electrons. The molecule has 1 fully saturated rings. The minimum absolute atomic E-state index is 0.0606. The minimum atomic E-state index is -0.0606. The van der Waals surface area contributed by atoms with Gasteiger partial charge in [0, 0.05) is 5.92 Å². The second kappa shape index (κ2) is 2.36. The molecule has 0 saturated heterocycles. The fourth-order valence-electron chi connectivity index (χ4n) is 1.36. The van der Waals surface area contributed by atoms with E-state index in [0.29, 0.717) is 5.92 Å². The molecule has 2 atom stereocenters. The van der Waals surface area contributed by atoms with Crippen LogP contribution in [0.3, 0.4) is 0 Å². The Bertz CT molecular complexity index is 205. The SMILES string of the molecule is OC1CCC1c1ccsc1. The standard InChI is InChI=1S/C8H10OS/c9-8-2-1-7(8)6-3-4-10-5-6/h3-5,7-9H,1-2H2. The van der Waals surface area contributed by atoms with E-state index in [1.165, 1.54) is 5.56 Å². The van der Waals surface area contributed by atoms with E-state index in [2.05, 4.69) is 16.8 Å². The van der Waals surface area contributed by atoms with Crippen molar-refractivity contribution in [1.82, 2.24) is 0 Å². The summed E-state index contributed by atoms with van der Waals surface area (Å²) in [5.41, 5.74) is 1.32. The number of thiophene rings is 1. The second-order valence-electron chi connectivity index (χ2n) is 2.81. The first kappa shape index (κ1) is 6.38. The average molecular weight is 154 g/mol. The zero-order chi connectivity index (χ0) is 6.97. The van der Waals surface area contributed by atoms with E-state index >= 15 is 0 Å². The van der Waals surface area contributed by atoms with E-state index in [4.69, 9.17) is 0 Å². The van der Waals surface area contributed by atoms with Gasteiger partial charge in [0.25, 0.3) is 0 Å². The molecule has 1 N–H and O–H groups in total. The van der Waals surface area contributed by atoms with Gasteiger partial charge in [0.15, 0.2) is 0 Å². The van der Waals surface area contributed by atoms with Gasteiger partial charge in [-0.15, -0.1) is 0 Å². The van der Waals surface area contributed by atoms with Crippen LogP contribution in [-0.4, -0.2) is 11.2 Å². The summed E-state index contributed by atoms with van der Waals surface area (Å²) >= 11 is 1.71. The van der Waals surface area contributed by atoms with Gasteiger partial charge in [-0.05, 0) is 35.2 Å². The van der Waals surface area contributed by atoms with Crippen molar-refractivity contribution in [3.8, 4) is 0 Å². The summed E-state index contributed by atoms with van der Waals surface area (Å²) in [5, 5.41) is 13.5. The number of aliphatic hydroxyl groups is 1. The highest BCUT2D eigenvalue weighted by Crippen LogP contribution is 2.37. The third-order valence-electron chi connectivity index (χ3n) is 2.21. The Kier molecular flexibility index (Phi) is 1.51. The number of hydrogen-bond donors (Lipinski definition) is 1. The zero-order valence-corrected chi connectivity index (χ0v) is 6.47. The Hall–Kier alpha value is -0.340. The van der Waals surface area contributed by atoms with Crippen LogP contribution >= 0.6 is 11.3 Å². The van der Waals surface area contributed by atoms with Gasteiger partial charge in [0.05, 0.1) is 6.10 Å². The largest absolute Gasteiger partial charge is 0.392 e. The summed E-state index contributed by atoms with van der Waals surface area (Å²) in [6, 6.07) is 2.11. The van der Waals surface area contributed by atoms with Crippen molar-refractivity contribution in [2.45, 2.75) is 24.9 Å². The Morgan fingerprint density at radius 3 is 2.80 bits per heavy atom. The molecule has 1 aliphatic rings. The van der Waals surface area contributed by atoms with Crippen molar-refractivity contribution in [2.24, 2.45) is 0 Å². The maximum atomic E-state index is 9.28. The molecule has 1 saturated carbocycles. The molecule has 54 valence electrons. The highest BCUT2D eigenvalue weighted by atomic mass is 32.1. The molecule has 1 aromatic rings. The van der Waals surface area contributed by atoms with Crippen molar-refractivity contribution < 1.29 is 5.11 Å². The fraction of sp³-hybridized carbons (Fsp3) is 0.500. The quantitative estimate of drug-likeness (QED) is 0.656. The van der Waals surface area contributed by atoms with Crippen molar-refractivity contribution >= 4 is 11.3 Å². The Morgan fingerprint density at radius 1 is 1.50 bits per heavy atom. The smallest absolute Gasteiger partial charge is 0.0609 e. The lowest BCUT2D eigenvalue weighted by atomic mass is 9.78. The number of hydrogen-bond acceptors (Lipinski definition) is 2. The van der Waals surface area contributed by atoms with Gasteiger partial charge < -0.3 is 5.11 Å². The van der Waals surface area contributed by atoms with Crippen molar-refractivity contribution in [3.05, 3.63) is 22.4 Å². The summed E-state index contributed by atoms with van der Waals surface area (Å²) < 4.78 is 0. The third-order valence-corrected chi connectivity index (χ3v) is 2.91. The maximum absolute atomic E-state index is 9.28. The molecule has 2 heteroatoms. The molecule has 2 rings (SSSR count). The average Bonchev–Trinajstić information content (AvgIpc) is 2.37. The molecule has 1 aromatic heterocycles. The lowest BCUT2D eigenvalue weighted by Crippen LogP contribution is -2.28. The zero-order valence-electron chi connectivity index (χ0n) is 5.66. The minimum Gasteiger partial charge on any atom is -0.392 e. The summed E-state index contributed by atoms with van der Waals surface area (Å²) in [4.78, 5) is 0. The summed E-state index contributed by atoms with van der Waals surface area (Å²) in [5.74, 6) is 0.450. The van der Waals surface area contributed by atoms with E-state index in [-0.39, 0.29) is 6.10 Å². The Labute approximate surface area is 64.3 Å². The van der Waals surface area contributed by atoms with Gasteiger partial charge in [-0.1, -0.05) is 0 Å². The highest BCUT2D eigenvalue weighted by molar-refractivity contribution is 7.07. The Morgan fingerprint density at radius 2 is 2.40 bits per heavy atom. The van der Waals surface area contributed by atoms with E-state index in [1.807, 2.05) is 0 Å². The van der Waals surface area contributed by atoms with Gasteiger partial charge in [-0.3, -0.25) is 0 Å². The summed E-state index contributed by atoms with van der Waals surface area (Å²) in [7, 11) is 0. The topological polar surface area (TPSA) is 20.2 Å². The molecule has 0 amide bonds. The van der Waals surface area contributed by atoms with Crippen LogP contribution in [0.15, 0.2) is 16.8 Å². The molecule has 1 heterocycles. The predicted octanol–water partition coefficient (Wildman–Crippen LogP) is 1.99. The molecule has 1 aliphatic carbocycles. The van der Waals surface area contributed by atoms with Crippen molar-refractivity contribution in [3.63, 3.8) is 0 Å². The molecule has 0 bridgehead atoms. The fourth-order valence-corrected chi connectivity index (χ4v) is 2.08. The first-order valence-electron chi connectivity index (χ1n) is 3.58. The van der Waals surface area contributed by atoms with Gasteiger partial charge in [-0.25, -0.2) is 0 Å². The van der Waals surface area contributed by atoms with E-state index in [0.717, 1.165) is 12.8 Å². The van der Waals surface area contributed by atoms with Crippen LogP contribution in [0.5, 0.6) is 0 Å². The molecule has 2 unspecified atom stereocenters. The van der Waals surface area contributed by atoms with Crippen LogP contribution in [0.4, 0.5) is 0 Å². The normalized spacial score (nSPS) is 31.7. The van der Waals surface area contributed by atoms with Crippen LogP contribution < -0.4 is 0 Å². The van der Waals surface area contributed by atoms with E-state index in [1.54, 1.807) is 11.3 Å². The van der Waals surface area contributed by atoms with Crippen LogP contribution in [0.25, 0.3) is 0 Å². The van der Waals surface area contributed by atoms with E-state index < -0.39 is 0 Å². The molecule has 0 spiro atoms. The van der Waals surface area contributed by atoms with Gasteiger partial charge in [0.1, 0.15) is 0 Å². The van der Waals surface area contributed by atoms with Crippen LogP contribution in [0.1, 0.15) is 24.3 Å². The van der Waals surface area contributed by atoms with Crippen LogP contribution in [0.2, 0.25) is 0 Å². The lowest BCUT2D eigenvalue weighted by Gasteiger charge is -2.31. The van der Waals surface area contributed by atoms with Crippen LogP contribution in [0, 0.1) is 0 Å². The molecule has 0 aliphatic heterocycles. The van der Waals surface area contributed by atoms with E-state index in [9.17, 15) is 5.11 Å². The molecule has 1 nitrogen and oxygen atoms in total. The van der Waals surface area contributed by atoms with Gasteiger partial charge in [0.2, 0.25) is 0 Å². The first-order valence-corrected chi connectivity index (χ1v) is 4.52. The molecule has 0 aromatic carbocycles. The number of rotatable bonds is 1. The third kappa shape index (κ3) is 0.879. The predicted molar refractivity (Wildman–Crippen MR) is 42.3 cm³/mol. The van der Waals surface area contributed by atoms with Crippen LogP contribution in [-0.2, 0) is 0 Å². The highest BCUT2D eigenvalue weighted by Gasteiger charge is 2.29. The first-order chi connectivity index (χ1) is 4.88. The molecular weight excluding hydrogens is 144 g/mol. The van der Waals surface area contributed by atoms with Crippen molar-refractivity contribution in [2.75, 3.05) is 0 Å². The number of aliphatic hydroxyl groups excluding tert-OH is 1. The summed E-state index contributed by atoms with van der Waals surface area (Å²) in [6.45, 7) is 0. The molecular formula is C8H10OS.